The van der Waals surface area contributed by atoms with Crippen molar-refractivity contribution >= 4 is 11.3 Å². The molecule has 0 spiro atoms. The number of hydrogen-bond donors (Lipinski definition) is 1. The molecule has 0 aliphatic heterocycles. The van der Waals surface area contributed by atoms with Crippen molar-refractivity contribution in [3.05, 3.63) is 34.5 Å². The molecule has 3 heteroatoms. The molecule has 0 amide bonds. The van der Waals surface area contributed by atoms with Crippen LogP contribution in [0, 0.1) is 11.3 Å². The van der Waals surface area contributed by atoms with E-state index in [4.69, 9.17) is 5.26 Å². The van der Waals surface area contributed by atoms with Crippen LogP contribution in [0.1, 0.15) is 17.4 Å². The molecular formula is C10H12N2S. The Kier molecular flexibility index (Phi) is 3.69. The molecule has 1 N–H and O–H groups in total. The minimum absolute atomic E-state index is 0.313. The Morgan fingerprint density at radius 3 is 3.15 bits per heavy atom. The van der Waals surface area contributed by atoms with Crippen molar-refractivity contribution in [2.75, 3.05) is 0 Å². The van der Waals surface area contributed by atoms with Gasteiger partial charge in [-0.1, -0.05) is 6.08 Å². The first-order valence-corrected chi connectivity index (χ1v) is 4.97. The van der Waals surface area contributed by atoms with Crippen LogP contribution in [0.25, 0.3) is 0 Å². The van der Waals surface area contributed by atoms with Crippen LogP contribution in [-0.2, 0) is 6.54 Å². The predicted molar refractivity (Wildman–Crippen MR) is 55.5 cm³/mol. The second-order valence-corrected chi connectivity index (χ2v) is 3.81. The van der Waals surface area contributed by atoms with Crippen molar-refractivity contribution in [2.24, 2.45) is 0 Å². The standard InChI is InChI=1S/C10H12N2S/c1-3-8(2)12-6-10-4-9(5-11)7-13-10/h3-4,7-8,12H,1,6H2,2H3. The molecule has 0 fully saturated rings. The van der Waals surface area contributed by atoms with Crippen molar-refractivity contribution < 1.29 is 0 Å². The molecule has 68 valence electrons. The summed E-state index contributed by atoms with van der Waals surface area (Å²) in [5.41, 5.74) is 0.744. The van der Waals surface area contributed by atoms with E-state index >= 15 is 0 Å². The molecule has 13 heavy (non-hydrogen) atoms. The Morgan fingerprint density at radius 1 is 1.85 bits per heavy atom. The number of nitriles is 1. The van der Waals surface area contributed by atoms with Crippen LogP contribution >= 0.6 is 11.3 Å². The molecule has 1 aromatic rings. The van der Waals surface area contributed by atoms with Gasteiger partial charge in [0.15, 0.2) is 0 Å². The number of hydrogen-bond acceptors (Lipinski definition) is 3. The fraction of sp³-hybridized carbons (Fsp3) is 0.300. The Labute approximate surface area is 82.5 Å². The smallest absolute Gasteiger partial charge is 0.100 e. The van der Waals surface area contributed by atoms with Gasteiger partial charge in [0, 0.05) is 22.8 Å². The molecule has 1 atom stereocenters. The first-order chi connectivity index (χ1) is 6.26. The molecule has 0 aliphatic carbocycles. The molecular weight excluding hydrogens is 180 g/mol. The van der Waals surface area contributed by atoms with E-state index in [2.05, 4.69) is 18.0 Å². The monoisotopic (exact) mass is 192 g/mol. The van der Waals surface area contributed by atoms with Crippen molar-refractivity contribution in [3.63, 3.8) is 0 Å². The third-order valence-electron chi connectivity index (χ3n) is 1.73. The van der Waals surface area contributed by atoms with E-state index < -0.39 is 0 Å². The lowest BCUT2D eigenvalue weighted by Crippen LogP contribution is -2.22. The maximum atomic E-state index is 8.59. The Bertz CT molecular complexity index is 322. The zero-order valence-corrected chi connectivity index (χ0v) is 8.40. The third kappa shape index (κ3) is 3.02. The van der Waals surface area contributed by atoms with Gasteiger partial charge in [0.25, 0.3) is 0 Å². The van der Waals surface area contributed by atoms with Gasteiger partial charge in [-0.05, 0) is 13.0 Å². The minimum atomic E-state index is 0.313. The molecule has 1 unspecified atom stereocenters. The first kappa shape index (κ1) is 9.97. The van der Waals surface area contributed by atoms with Crippen LogP contribution in [0.15, 0.2) is 24.1 Å². The molecule has 1 aromatic heterocycles. The largest absolute Gasteiger partial charge is 0.306 e. The number of rotatable bonds is 4. The van der Waals surface area contributed by atoms with Gasteiger partial charge >= 0.3 is 0 Å². The van der Waals surface area contributed by atoms with E-state index in [9.17, 15) is 0 Å². The topological polar surface area (TPSA) is 35.8 Å². The summed E-state index contributed by atoms with van der Waals surface area (Å²) in [6, 6.07) is 4.33. The van der Waals surface area contributed by atoms with E-state index in [1.807, 2.05) is 24.4 Å². The van der Waals surface area contributed by atoms with Gasteiger partial charge in [0.1, 0.15) is 6.07 Å². The second kappa shape index (κ2) is 4.80. The highest BCUT2D eigenvalue weighted by atomic mass is 32.1. The van der Waals surface area contributed by atoms with Crippen LogP contribution in [0.5, 0.6) is 0 Å². The maximum Gasteiger partial charge on any atom is 0.100 e. The van der Waals surface area contributed by atoms with Gasteiger partial charge in [-0.15, -0.1) is 17.9 Å². The van der Waals surface area contributed by atoms with Crippen molar-refractivity contribution in [1.29, 1.82) is 5.26 Å². The zero-order chi connectivity index (χ0) is 9.68. The van der Waals surface area contributed by atoms with E-state index in [-0.39, 0.29) is 0 Å². The van der Waals surface area contributed by atoms with E-state index in [1.54, 1.807) is 11.3 Å². The highest BCUT2D eigenvalue weighted by molar-refractivity contribution is 7.10. The SMILES string of the molecule is C=CC(C)NCc1cc(C#N)cs1. The molecule has 1 rings (SSSR count). The second-order valence-electron chi connectivity index (χ2n) is 2.82. The van der Waals surface area contributed by atoms with Gasteiger partial charge in [0.2, 0.25) is 0 Å². The number of nitrogens with one attached hydrogen (secondary N) is 1. The maximum absolute atomic E-state index is 8.59. The molecule has 2 nitrogen and oxygen atoms in total. The van der Waals surface area contributed by atoms with Crippen molar-refractivity contribution in [2.45, 2.75) is 19.5 Å². The summed E-state index contributed by atoms with van der Waals surface area (Å²) in [7, 11) is 0. The molecule has 0 bridgehead atoms. The Hall–Kier alpha value is -1.11. The first-order valence-electron chi connectivity index (χ1n) is 4.09. The summed E-state index contributed by atoms with van der Waals surface area (Å²) < 4.78 is 0. The highest BCUT2D eigenvalue weighted by Crippen LogP contribution is 2.13. The molecule has 0 saturated carbocycles. The molecule has 0 saturated heterocycles. The lowest BCUT2D eigenvalue weighted by atomic mass is 10.3. The average Bonchev–Trinajstić information content (AvgIpc) is 2.61. The molecule has 1 heterocycles. The molecule has 0 aliphatic rings. The summed E-state index contributed by atoms with van der Waals surface area (Å²) in [6.45, 7) is 6.54. The van der Waals surface area contributed by atoms with E-state index in [0.29, 0.717) is 6.04 Å². The average molecular weight is 192 g/mol. The van der Waals surface area contributed by atoms with Crippen molar-refractivity contribution in [1.82, 2.24) is 5.32 Å². The fourth-order valence-corrected chi connectivity index (χ4v) is 1.64. The lowest BCUT2D eigenvalue weighted by Gasteiger charge is -2.06. The predicted octanol–water partition coefficient (Wildman–Crippen LogP) is 2.28. The molecule has 0 radical (unpaired) electrons. The van der Waals surface area contributed by atoms with Crippen LogP contribution in [0.4, 0.5) is 0 Å². The number of nitrogens with zero attached hydrogens (tertiary/aromatic N) is 1. The van der Waals surface area contributed by atoms with Gasteiger partial charge in [-0.2, -0.15) is 5.26 Å². The van der Waals surface area contributed by atoms with E-state index in [1.165, 1.54) is 4.88 Å². The summed E-state index contributed by atoms with van der Waals surface area (Å²) in [4.78, 5) is 1.19. The highest BCUT2D eigenvalue weighted by Gasteiger charge is 1.99. The van der Waals surface area contributed by atoms with Gasteiger partial charge in [-0.3, -0.25) is 0 Å². The summed E-state index contributed by atoms with van der Waals surface area (Å²) >= 11 is 1.61. The quantitative estimate of drug-likeness (QED) is 0.743. The summed E-state index contributed by atoms with van der Waals surface area (Å²) in [5, 5.41) is 13.7. The molecule has 0 aromatic carbocycles. The van der Waals surface area contributed by atoms with Crippen LogP contribution in [0.3, 0.4) is 0 Å². The fourth-order valence-electron chi connectivity index (χ4n) is 0.877. The van der Waals surface area contributed by atoms with Crippen LogP contribution in [0.2, 0.25) is 0 Å². The van der Waals surface area contributed by atoms with Crippen LogP contribution < -0.4 is 5.32 Å². The van der Waals surface area contributed by atoms with Gasteiger partial charge < -0.3 is 5.32 Å². The van der Waals surface area contributed by atoms with Gasteiger partial charge in [0.05, 0.1) is 5.56 Å². The minimum Gasteiger partial charge on any atom is -0.306 e. The third-order valence-corrected chi connectivity index (χ3v) is 2.67. The van der Waals surface area contributed by atoms with E-state index in [0.717, 1.165) is 12.1 Å². The number of thiophene rings is 1. The summed E-state index contributed by atoms with van der Waals surface area (Å²) in [5.74, 6) is 0. The van der Waals surface area contributed by atoms with Crippen molar-refractivity contribution in [3.8, 4) is 6.07 Å². The van der Waals surface area contributed by atoms with Gasteiger partial charge in [-0.25, -0.2) is 0 Å². The summed E-state index contributed by atoms with van der Waals surface area (Å²) in [6.07, 6.45) is 1.86. The lowest BCUT2D eigenvalue weighted by molar-refractivity contribution is 0.640. The normalized spacial score (nSPS) is 12.0. The Balaban J connectivity index is 2.46. The van der Waals surface area contributed by atoms with Crippen LogP contribution in [-0.4, -0.2) is 6.04 Å². The zero-order valence-electron chi connectivity index (χ0n) is 7.58. The Morgan fingerprint density at radius 2 is 2.62 bits per heavy atom.